The topological polar surface area (TPSA) is 113 Å². The van der Waals surface area contributed by atoms with Gasteiger partial charge >= 0.3 is 6.18 Å². The average molecular weight is 472 g/mol. The number of pyridine rings is 2. The first-order chi connectivity index (χ1) is 16.1. The van der Waals surface area contributed by atoms with Crippen molar-refractivity contribution >= 4 is 11.9 Å². The number of carbonyl (C=O) groups is 1. The van der Waals surface area contributed by atoms with Gasteiger partial charge in [-0.25, -0.2) is 15.0 Å². The third kappa shape index (κ3) is 4.98. The van der Waals surface area contributed by atoms with Gasteiger partial charge in [-0.05, 0) is 44.2 Å². The number of hydrogen-bond acceptors (Lipinski definition) is 7. The number of anilines is 1. The van der Waals surface area contributed by atoms with Gasteiger partial charge in [-0.15, -0.1) is 0 Å². The van der Waals surface area contributed by atoms with E-state index in [0.717, 1.165) is 6.07 Å². The molecule has 3 aromatic rings. The highest BCUT2D eigenvalue weighted by Crippen LogP contribution is 2.31. The van der Waals surface area contributed by atoms with E-state index in [1.165, 1.54) is 24.5 Å². The van der Waals surface area contributed by atoms with Crippen LogP contribution in [0.2, 0.25) is 0 Å². The number of rotatable bonds is 6. The molecule has 1 aliphatic heterocycles. The summed E-state index contributed by atoms with van der Waals surface area (Å²) in [4.78, 5) is 29.0. The van der Waals surface area contributed by atoms with E-state index in [0.29, 0.717) is 29.4 Å². The van der Waals surface area contributed by atoms with E-state index in [-0.39, 0.29) is 23.6 Å². The number of halogens is 3. The van der Waals surface area contributed by atoms with Gasteiger partial charge in [0, 0.05) is 30.4 Å². The molecule has 178 valence electrons. The molecule has 4 heterocycles. The molecule has 1 amide bonds. The fourth-order valence-electron chi connectivity index (χ4n) is 3.89. The summed E-state index contributed by atoms with van der Waals surface area (Å²) in [6, 6.07) is 8.37. The molecule has 0 aliphatic carbocycles. The van der Waals surface area contributed by atoms with Gasteiger partial charge in [0.1, 0.15) is 5.69 Å². The van der Waals surface area contributed by atoms with Crippen LogP contribution in [0.3, 0.4) is 0 Å². The lowest BCUT2D eigenvalue weighted by Gasteiger charge is -2.20. The third-order valence-corrected chi connectivity index (χ3v) is 5.75. The van der Waals surface area contributed by atoms with Crippen LogP contribution < -0.4 is 10.6 Å². The van der Waals surface area contributed by atoms with Gasteiger partial charge in [-0.2, -0.15) is 13.2 Å². The van der Waals surface area contributed by atoms with Crippen LogP contribution in [0.4, 0.5) is 19.1 Å². The molecular formula is C23H23F3N6O2. The van der Waals surface area contributed by atoms with E-state index in [1.807, 2.05) is 6.92 Å². The highest BCUT2D eigenvalue weighted by Gasteiger charge is 2.39. The number of aromatic nitrogens is 4. The summed E-state index contributed by atoms with van der Waals surface area (Å²) in [5.41, 5.74) is 0.786. The van der Waals surface area contributed by atoms with Crippen LogP contribution >= 0.6 is 0 Å². The summed E-state index contributed by atoms with van der Waals surface area (Å²) in [6.45, 7) is 3.85. The summed E-state index contributed by atoms with van der Waals surface area (Å²) in [7, 11) is 0. The Balaban J connectivity index is 1.49. The SMILES string of the molecule is C[C@H](Nc1nccc([C@@H]2C(=O)NCC2[C@@H](C)O)n1)c1ccc(-c2cccc(C(F)(F)F)n2)cn1. The molecule has 8 nitrogen and oxygen atoms in total. The minimum atomic E-state index is -4.52. The molecule has 1 saturated heterocycles. The van der Waals surface area contributed by atoms with Gasteiger partial charge in [-0.3, -0.25) is 9.78 Å². The Kier molecular flexibility index (Phi) is 6.47. The molecule has 0 bridgehead atoms. The number of amides is 1. The van der Waals surface area contributed by atoms with Crippen molar-refractivity contribution in [1.29, 1.82) is 0 Å². The van der Waals surface area contributed by atoms with Crippen LogP contribution in [0.1, 0.15) is 42.9 Å². The van der Waals surface area contributed by atoms with Crippen molar-refractivity contribution in [3.8, 4) is 11.3 Å². The maximum Gasteiger partial charge on any atom is 0.433 e. The number of hydrogen-bond donors (Lipinski definition) is 3. The monoisotopic (exact) mass is 472 g/mol. The standard InChI is InChI=1S/C23H23F3N6O2/c1-12(16-7-6-14(10-28-16)17-4-3-5-19(31-17)23(24,25)26)30-22-27-9-8-18(32-22)20-15(13(2)33)11-29-21(20)34/h3-10,12-13,15,20,33H,11H2,1-2H3,(H,29,34)(H,27,30,32)/t12-,13+,15?,20+/m0/s1. The lowest BCUT2D eigenvalue weighted by molar-refractivity contribution is -0.141. The average Bonchev–Trinajstić information content (AvgIpc) is 3.20. The summed E-state index contributed by atoms with van der Waals surface area (Å²) >= 11 is 0. The summed E-state index contributed by atoms with van der Waals surface area (Å²) < 4.78 is 38.8. The molecule has 11 heteroatoms. The number of aliphatic hydroxyl groups is 1. The Morgan fingerprint density at radius 2 is 1.91 bits per heavy atom. The van der Waals surface area contributed by atoms with E-state index in [2.05, 4.69) is 30.6 Å². The molecule has 1 unspecified atom stereocenters. The van der Waals surface area contributed by atoms with Crippen molar-refractivity contribution < 1.29 is 23.1 Å². The lowest BCUT2D eigenvalue weighted by atomic mass is 9.88. The molecule has 1 fully saturated rings. The van der Waals surface area contributed by atoms with E-state index in [4.69, 9.17) is 0 Å². The fourth-order valence-corrected chi connectivity index (χ4v) is 3.89. The molecule has 3 aromatic heterocycles. The lowest BCUT2D eigenvalue weighted by Crippen LogP contribution is -2.25. The van der Waals surface area contributed by atoms with E-state index in [1.54, 1.807) is 25.1 Å². The van der Waals surface area contributed by atoms with Crippen molar-refractivity contribution in [2.45, 2.75) is 38.1 Å². The summed E-state index contributed by atoms with van der Waals surface area (Å²) in [6.07, 6.45) is -2.20. The van der Waals surface area contributed by atoms with Crippen molar-refractivity contribution in [2.24, 2.45) is 5.92 Å². The molecule has 4 atom stereocenters. The maximum atomic E-state index is 12.9. The normalized spacial score (nSPS) is 20.0. The van der Waals surface area contributed by atoms with Crippen LogP contribution in [-0.4, -0.2) is 43.6 Å². The van der Waals surface area contributed by atoms with Gasteiger partial charge in [0.2, 0.25) is 11.9 Å². The molecule has 0 saturated carbocycles. The third-order valence-electron chi connectivity index (χ3n) is 5.75. The zero-order valence-corrected chi connectivity index (χ0v) is 18.4. The van der Waals surface area contributed by atoms with Gasteiger partial charge in [0.25, 0.3) is 0 Å². The van der Waals surface area contributed by atoms with E-state index >= 15 is 0 Å². The second kappa shape index (κ2) is 9.34. The predicted molar refractivity (Wildman–Crippen MR) is 117 cm³/mol. The number of alkyl halides is 3. The predicted octanol–water partition coefficient (Wildman–Crippen LogP) is 3.34. The Morgan fingerprint density at radius 1 is 1.12 bits per heavy atom. The minimum absolute atomic E-state index is 0.174. The first-order valence-electron chi connectivity index (χ1n) is 10.7. The molecule has 34 heavy (non-hydrogen) atoms. The largest absolute Gasteiger partial charge is 0.433 e. The van der Waals surface area contributed by atoms with Crippen molar-refractivity contribution in [3.05, 3.63) is 65.9 Å². The molecule has 0 aromatic carbocycles. The van der Waals surface area contributed by atoms with Gasteiger partial charge in [-0.1, -0.05) is 6.07 Å². The maximum absolute atomic E-state index is 12.9. The van der Waals surface area contributed by atoms with Gasteiger partial charge in [0.05, 0.1) is 35.1 Å². The van der Waals surface area contributed by atoms with Crippen molar-refractivity contribution in [2.75, 3.05) is 11.9 Å². The first-order valence-corrected chi connectivity index (χ1v) is 10.7. The second-order valence-electron chi connectivity index (χ2n) is 8.18. The molecular weight excluding hydrogens is 449 g/mol. The minimum Gasteiger partial charge on any atom is -0.393 e. The smallest absolute Gasteiger partial charge is 0.393 e. The number of carbonyl (C=O) groups excluding carboxylic acids is 1. The Bertz CT molecular complexity index is 1170. The fraction of sp³-hybridized carbons (Fsp3) is 0.348. The van der Waals surface area contributed by atoms with Crippen LogP contribution in [0, 0.1) is 5.92 Å². The Labute approximate surface area is 193 Å². The van der Waals surface area contributed by atoms with Crippen molar-refractivity contribution in [1.82, 2.24) is 25.3 Å². The summed E-state index contributed by atoms with van der Waals surface area (Å²) in [5.74, 6) is -0.758. The highest BCUT2D eigenvalue weighted by molar-refractivity contribution is 5.85. The van der Waals surface area contributed by atoms with Crippen molar-refractivity contribution in [3.63, 3.8) is 0 Å². The van der Waals surface area contributed by atoms with Crippen LogP contribution in [0.25, 0.3) is 11.3 Å². The molecule has 0 radical (unpaired) electrons. The van der Waals surface area contributed by atoms with Gasteiger partial charge in [0.15, 0.2) is 0 Å². The Hall–Kier alpha value is -3.60. The zero-order valence-electron chi connectivity index (χ0n) is 18.4. The van der Waals surface area contributed by atoms with E-state index in [9.17, 15) is 23.1 Å². The Morgan fingerprint density at radius 3 is 2.59 bits per heavy atom. The number of nitrogens with one attached hydrogen (secondary N) is 2. The molecule has 1 aliphatic rings. The number of aliphatic hydroxyl groups excluding tert-OH is 1. The zero-order chi connectivity index (χ0) is 24.5. The van der Waals surface area contributed by atoms with Crippen LogP contribution in [0.15, 0.2) is 48.8 Å². The molecule has 4 rings (SSSR count). The quantitative estimate of drug-likeness (QED) is 0.504. The first kappa shape index (κ1) is 23.6. The highest BCUT2D eigenvalue weighted by atomic mass is 19.4. The van der Waals surface area contributed by atoms with Crippen LogP contribution in [-0.2, 0) is 11.0 Å². The molecule has 0 spiro atoms. The molecule has 3 N–H and O–H groups in total. The van der Waals surface area contributed by atoms with E-state index < -0.39 is 23.9 Å². The second-order valence-corrected chi connectivity index (χ2v) is 8.18. The summed E-state index contributed by atoms with van der Waals surface area (Å²) in [5, 5.41) is 15.9. The number of nitrogens with zero attached hydrogens (tertiary/aromatic N) is 4. The van der Waals surface area contributed by atoms with Gasteiger partial charge < -0.3 is 15.7 Å². The van der Waals surface area contributed by atoms with Crippen LogP contribution in [0.5, 0.6) is 0 Å².